The van der Waals surface area contributed by atoms with Crippen molar-refractivity contribution < 1.29 is 18.8 Å². The van der Waals surface area contributed by atoms with Crippen LogP contribution in [0.3, 0.4) is 0 Å². The van der Waals surface area contributed by atoms with Crippen molar-refractivity contribution in [3.05, 3.63) is 58.9 Å². The van der Waals surface area contributed by atoms with E-state index in [0.29, 0.717) is 22.8 Å². The van der Waals surface area contributed by atoms with E-state index in [1.807, 2.05) is 0 Å². The molecule has 1 aromatic heterocycles. The lowest BCUT2D eigenvalue weighted by Crippen LogP contribution is -2.24. The van der Waals surface area contributed by atoms with Gasteiger partial charge < -0.3 is 10.6 Å². The highest BCUT2D eigenvalue weighted by Crippen LogP contribution is 2.18. The maximum absolute atomic E-state index is 13.5. The fourth-order valence-corrected chi connectivity index (χ4v) is 3.17. The number of aliphatic imine (C=N–C) groups is 1. The van der Waals surface area contributed by atoms with Gasteiger partial charge in [0.05, 0.1) is 11.6 Å². The molecule has 1 aliphatic heterocycles. The zero-order valence-corrected chi connectivity index (χ0v) is 15.5. The lowest BCUT2D eigenvalue weighted by Gasteiger charge is -2.08. The van der Waals surface area contributed by atoms with Gasteiger partial charge in [0.2, 0.25) is 11.8 Å². The summed E-state index contributed by atoms with van der Waals surface area (Å²) < 4.78 is 13.5. The second kappa shape index (κ2) is 9.14. The van der Waals surface area contributed by atoms with Crippen LogP contribution >= 0.6 is 11.3 Å². The van der Waals surface area contributed by atoms with E-state index in [1.54, 1.807) is 23.6 Å². The van der Waals surface area contributed by atoms with Gasteiger partial charge in [-0.25, -0.2) is 14.4 Å². The maximum atomic E-state index is 13.5. The lowest BCUT2D eigenvalue weighted by atomic mass is 10.1. The number of rotatable bonds is 7. The van der Waals surface area contributed by atoms with Crippen LogP contribution in [0.1, 0.15) is 17.7 Å². The predicted octanol–water partition coefficient (Wildman–Crippen LogP) is 2.25. The van der Waals surface area contributed by atoms with Gasteiger partial charge in [0.1, 0.15) is 5.82 Å². The van der Waals surface area contributed by atoms with Crippen LogP contribution < -0.4 is 10.6 Å². The zero-order valence-electron chi connectivity index (χ0n) is 14.7. The van der Waals surface area contributed by atoms with Crippen LogP contribution in [0, 0.1) is 11.7 Å². The quantitative estimate of drug-likeness (QED) is 0.744. The number of nitrogens with one attached hydrogen (secondary N) is 2. The van der Waals surface area contributed by atoms with E-state index in [1.165, 1.54) is 35.8 Å². The molecule has 0 fully saturated rings. The second-order valence-corrected chi connectivity index (χ2v) is 6.86. The first-order valence-electron chi connectivity index (χ1n) is 8.53. The first kappa shape index (κ1) is 19.6. The van der Waals surface area contributed by atoms with E-state index in [0.717, 1.165) is 0 Å². The Bertz CT molecular complexity index is 938. The Morgan fingerprint density at radius 2 is 2.07 bits per heavy atom. The van der Waals surface area contributed by atoms with Crippen LogP contribution in [-0.4, -0.2) is 28.9 Å². The monoisotopic (exact) mass is 400 g/mol. The van der Waals surface area contributed by atoms with Crippen molar-refractivity contribution in [2.45, 2.75) is 19.4 Å². The Kier molecular flexibility index (Phi) is 6.38. The summed E-state index contributed by atoms with van der Waals surface area (Å²) in [6.07, 6.45) is 4.60. The molecule has 28 heavy (non-hydrogen) atoms. The molecule has 2 aromatic rings. The highest BCUT2D eigenvalue weighted by Gasteiger charge is 2.18. The Labute approximate surface area is 164 Å². The molecule has 0 radical (unpaired) electrons. The molecule has 0 bridgehead atoms. The molecule has 1 atom stereocenters. The fraction of sp³-hybridized carbons (Fsp3) is 0.211. The molecule has 144 valence electrons. The van der Waals surface area contributed by atoms with Crippen molar-refractivity contribution in [2.75, 3.05) is 5.32 Å². The van der Waals surface area contributed by atoms with Gasteiger partial charge in [0.15, 0.2) is 5.13 Å². The average molecular weight is 400 g/mol. The lowest BCUT2D eigenvalue weighted by molar-refractivity contribution is -0.121. The van der Waals surface area contributed by atoms with E-state index in [2.05, 4.69) is 20.6 Å². The number of hydrogen-bond donors (Lipinski definition) is 2. The number of dihydropyridines is 1. The molecule has 1 aliphatic rings. The van der Waals surface area contributed by atoms with Gasteiger partial charge in [-0.05, 0) is 12.5 Å². The first-order chi connectivity index (χ1) is 13.5. The highest BCUT2D eigenvalue weighted by molar-refractivity contribution is 7.13. The number of aromatic nitrogens is 1. The molecule has 1 unspecified atom stereocenters. The number of thiazole rings is 1. The fourth-order valence-electron chi connectivity index (χ4n) is 2.42. The number of nitrogens with zero attached hydrogens (tertiary/aromatic N) is 2. The van der Waals surface area contributed by atoms with Crippen LogP contribution in [0.5, 0.6) is 0 Å². The van der Waals surface area contributed by atoms with Crippen molar-refractivity contribution in [3.8, 4) is 0 Å². The predicted molar refractivity (Wildman–Crippen MR) is 103 cm³/mol. The van der Waals surface area contributed by atoms with Gasteiger partial charge in [0, 0.05) is 36.2 Å². The van der Waals surface area contributed by atoms with Gasteiger partial charge in [-0.3, -0.25) is 14.4 Å². The summed E-state index contributed by atoms with van der Waals surface area (Å²) in [5, 5.41) is 7.50. The third-order valence-corrected chi connectivity index (χ3v) is 4.74. The highest BCUT2D eigenvalue weighted by atomic mass is 32.1. The molecule has 7 nitrogen and oxygen atoms in total. The van der Waals surface area contributed by atoms with Crippen LogP contribution in [-0.2, 0) is 27.3 Å². The molecule has 3 amide bonds. The molecule has 0 saturated carbocycles. The number of anilines is 1. The third-order valence-electron chi connectivity index (χ3n) is 3.94. The number of amides is 3. The average Bonchev–Trinajstić information content (AvgIpc) is 3.13. The van der Waals surface area contributed by atoms with E-state index in [9.17, 15) is 18.8 Å². The van der Waals surface area contributed by atoms with Gasteiger partial charge in [0.25, 0.3) is 5.91 Å². The van der Waals surface area contributed by atoms with E-state index < -0.39 is 11.8 Å². The number of carbonyl (C=O) groups excluding carboxylic acids is 3. The van der Waals surface area contributed by atoms with Crippen LogP contribution in [0.4, 0.5) is 9.52 Å². The topological polar surface area (TPSA) is 101 Å². The smallest absolute Gasteiger partial charge is 0.269 e. The Hall–Kier alpha value is -3.20. The number of aryl methyl sites for hydroxylation is 1. The first-order valence-corrected chi connectivity index (χ1v) is 9.41. The molecule has 2 heterocycles. The minimum absolute atomic E-state index is 0.128. The summed E-state index contributed by atoms with van der Waals surface area (Å²) >= 11 is 1.25. The normalized spacial score (nSPS) is 15.5. The molecule has 0 saturated heterocycles. The number of halogens is 1. The van der Waals surface area contributed by atoms with Crippen molar-refractivity contribution in [1.82, 2.24) is 10.3 Å². The Morgan fingerprint density at radius 1 is 1.25 bits per heavy atom. The van der Waals surface area contributed by atoms with Crippen LogP contribution in [0.15, 0.2) is 46.8 Å². The summed E-state index contributed by atoms with van der Waals surface area (Å²) in [6, 6.07) is 6.27. The second-order valence-electron chi connectivity index (χ2n) is 6.00. The number of benzene rings is 1. The number of carbonyl (C=O) groups is 3. The molecular formula is C19H17FN4O3S. The number of hydrogen-bond acceptors (Lipinski definition) is 5. The summed E-state index contributed by atoms with van der Waals surface area (Å²) in [5.41, 5.74) is 1.10. The van der Waals surface area contributed by atoms with Crippen molar-refractivity contribution in [2.24, 2.45) is 10.9 Å². The summed E-state index contributed by atoms with van der Waals surface area (Å²) in [6.45, 7) is 0.128. The van der Waals surface area contributed by atoms with Crippen LogP contribution in [0.2, 0.25) is 0 Å². The molecule has 9 heteroatoms. The summed E-state index contributed by atoms with van der Waals surface area (Å²) in [4.78, 5) is 42.9. The third kappa shape index (κ3) is 5.40. The van der Waals surface area contributed by atoms with Crippen molar-refractivity contribution in [1.29, 1.82) is 0 Å². The minimum Gasteiger partial charge on any atom is -0.352 e. The van der Waals surface area contributed by atoms with Gasteiger partial charge in [-0.15, -0.1) is 11.3 Å². The van der Waals surface area contributed by atoms with E-state index >= 15 is 0 Å². The molecule has 1 aromatic carbocycles. The van der Waals surface area contributed by atoms with E-state index in [-0.39, 0.29) is 30.6 Å². The Balaban J connectivity index is 1.44. The minimum atomic E-state index is -0.616. The summed E-state index contributed by atoms with van der Waals surface area (Å²) in [7, 11) is 0. The standard InChI is InChI=1S/C19H17FN4O3S/c20-15-4-2-1-3-12(15)9-21-17(26)8-6-14-11-28-19(23-14)24-18(27)13-5-7-16(25)22-10-13/h1-5,7,10-11,13H,6,8-9H2,(H,21,26)(H,23,24,27). The van der Waals surface area contributed by atoms with Gasteiger partial charge >= 0.3 is 0 Å². The van der Waals surface area contributed by atoms with Crippen molar-refractivity contribution in [3.63, 3.8) is 0 Å². The zero-order chi connectivity index (χ0) is 19.9. The summed E-state index contributed by atoms with van der Waals surface area (Å²) in [5.74, 6) is -1.92. The van der Waals surface area contributed by atoms with Crippen LogP contribution in [0.25, 0.3) is 0 Å². The molecular weight excluding hydrogens is 383 g/mol. The maximum Gasteiger partial charge on any atom is 0.269 e. The van der Waals surface area contributed by atoms with Gasteiger partial charge in [-0.1, -0.05) is 24.3 Å². The molecule has 0 aliphatic carbocycles. The largest absolute Gasteiger partial charge is 0.352 e. The Morgan fingerprint density at radius 3 is 2.82 bits per heavy atom. The van der Waals surface area contributed by atoms with E-state index in [4.69, 9.17) is 0 Å². The molecule has 2 N–H and O–H groups in total. The van der Waals surface area contributed by atoms with Gasteiger partial charge in [-0.2, -0.15) is 0 Å². The SMILES string of the molecule is O=C1C=CC(C(=O)Nc2nc(CCC(=O)NCc3ccccc3F)cs2)C=N1. The van der Waals surface area contributed by atoms with Crippen molar-refractivity contribution >= 4 is 40.4 Å². The molecule has 3 rings (SSSR count). The molecule has 0 spiro atoms.